The number of rotatable bonds is 4. The predicted molar refractivity (Wildman–Crippen MR) is 133 cm³/mol. The third-order valence-electron chi connectivity index (χ3n) is 7.18. The van der Waals surface area contributed by atoms with E-state index in [4.69, 9.17) is 0 Å². The van der Waals surface area contributed by atoms with Crippen LogP contribution in [-0.4, -0.2) is 68.6 Å². The van der Waals surface area contributed by atoms with Crippen LogP contribution >= 0.6 is 11.8 Å². The molecule has 1 fully saturated rings. The van der Waals surface area contributed by atoms with Gasteiger partial charge in [0.25, 0.3) is 11.8 Å². The molecule has 2 N–H and O–H groups in total. The standard InChI is InChI=1S/C26H32FN3O4S/c1-4-11-30-22(31)14-29-15-35-26(30,3)18-8-5-7-17(12-18)13-21(23(32)25(29)34)28-24(33)19-9-6-10-20(27)16(19)2/h5-7,9-10,12,18,21,23,32H,4,8,11,13-15H2,1-3H3,(H,28,33)/t18?,21-,23-,26-/m0/s1. The highest BCUT2D eigenvalue weighted by Crippen LogP contribution is 2.44. The van der Waals surface area contributed by atoms with Crippen LogP contribution in [0.3, 0.4) is 0 Å². The van der Waals surface area contributed by atoms with E-state index < -0.39 is 34.6 Å². The van der Waals surface area contributed by atoms with E-state index in [0.29, 0.717) is 6.54 Å². The molecule has 35 heavy (non-hydrogen) atoms. The largest absolute Gasteiger partial charge is 0.381 e. The van der Waals surface area contributed by atoms with E-state index in [2.05, 4.69) is 18.3 Å². The number of halogens is 1. The fraction of sp³-hybridized carbons (Fsp3) is 0.500. The average Bonchev–Trinajstić information content (AvgIpc) is 2.97. The van der Waals surface area contributed by atoms with E-state index in [-0.39, 0.29) is 41.8 Å². The first-order valence-electron chi connectivity index (χ1n) is 12.0. The molecule has 1 saturated heterocycles. The van der Waals surface area contributed by atoms with Gasteiger partial charge in [-0.1, -0.05) is 31.2 Å². The Kier molecular flexibility index (Phi) is 7.38. The number of carbonyl (C=O) groups excluding carboxylic acids is 3. The number of hydrogen-bond acceptors (Lipinski definition) is 5. The third-order valence-corrected chi connectivity index (χ3v) is 8.73. The van der Waals surface area contributed by atoms with E-state index in [1.54, 1.807) is 0 Å². The van der Waals surface area contributed by atoms with Gasteiger partial charge in [-0.25, -0.2) is 4.39 Å². The second-order valence-electron chi connectivity index (χ2n) is 9.54. The first kappa shape index (κ1) is 25.4. The van der Waals surface area contributed by atoms with Crippen LogP contribution in [0.2, 0.25) is 0 Å². The predicted octanol–water partition coefficient (Wildman–Crippen LogP) is 2.99. The van der Waals surface area contributed by atoms with Gasteiger partial charge in [-0.05, 0) is 56.4 Å². The summed E-state index contributed by atoms with van der Waals surface area (Å²) in [5, 5.41) is 13.9. The maximum absolute atomic E-state index is 14.0. The lowest BCUT2D eigenvalue weighted by Gasteiger charge is -2.44. The molecular weight excluding hydrogens is 469 g/mol. The number of hydrogen-bond donors (Lipinski definition) is 2. The molecule has 1 unspecified atom stereocenters. The number of thioether (sulfide) groups is 1. The third kappa shape index (κ3) is 4.89. The van der Waals surface area contributed by atoms with Crippen LogP contribution in [0.25, 0.3) is 0 Å². The number of amides is 3. The quantitative estimate of drug-likeness (QED) is 0.662. The van der Waals surface area contributed by atoms with Crippen molar-refractivity contribution < 1.29 is 23.9 Å². The molecule has 188 valence electrons. The van der Waals surface area contributed by atoms with Gasteiger partial charge in [0.05, 0.1) is 16.8 Å². The van der Waals surface area contributed by atoms with Crippen molar-refractivity contribution in [1.29, 1.82) is 0 Å². The molecule has 2 aliphatic heterocycles. The van der Waals surface area contributed by atoms with Crippen LogP contribution in [0.4, 0.5) is 4.39 Å². The van der Waals surface area contributed by atoms with Crippen molar-refractivity contribution in [3.05, 3.63) is 58.9 Å². The van der Waals surface area contributed by atoms with Crippen molar-refractivity contribution in [3.8, 4) is 0 Å². The molecule has 4 bridgehead atoms. The molecule has 3 aliphatic rings. The molecule has 2 heterocycles. The normalized spacial score (nSPS) is 28.9. The molecular formula is C26H32FN3O4S. The number of aliphatic hydroxyl groups excluding tert-OH is 1. The fourth-order valence-electron chi connectivity index (χ4n) is 5.06. The lowest BCUT2D eigenvalue weighted by atomic mass is 9.86. The summed E-state index contributed by atoms with van der Waals surface area (Å²) < 4.78 is 14.0. The molecule has 1 aromatic rings. The van der Waals surface area contributed by atoms with Crippen molar-refractivity contribution in [2.75, 3.05) is 19.0 Å². The summed E-state index contributed by atoms with van der Waals surface area (Å²) in [4.78, 5) is 42.4. The van der Waals surface area contributed by atoms with E-state index in [0.717, 1.165) is 18.4 Å². The SMILES string of the molecule is CCCN1C(=O)CN2CS[C@@]1(C)C1C=C(C=CC1)C[C@H](NC(=O)c1cccc(F)c1C)[C@H](O)C2=O. The molecule has 3 amide bonds. The minimum atomic E-state index is -1.56. The second kappa shape index (κ2) is 10.1. The molecule has 1 aromatic carbocycles. The zero-order valence-electron chi connectivity index (χ0n) is 20.3. The van der Waals surface area contributed by atoms with E-state index in [1.165, 1.54) is 41.8 Å². The van der Waals surface area contributed by atoms with Crippen molar-refractivity contribution in [2.45, 2.75) is 57.1 Å². The van der Waals surface area contributed by atoms with Gasteiger partial charge in [0.1, 0.15) is 12.4 Å². The van der Waals surface area contributed by atoms with Crippen LogP contribution in [0.1, 0.15) is 49.0 Å². The van der Waals surface area contributed by atoms with Crippen LogP contribution in [0.15, 0.2) is 42.0 Å². The first-order valence-corrected chi connectivity index (χ1v) is 13.0. The van der Waals surface area contributed by atoms with E-state index >= 15 is 0 Å². The highest BCUT2D eigenvalue weighted by Gasteiger charge is 2.46. The number of allylic oxidation sites excluding steroid dienone is 2. The van der Waals surface area contributed by atoms with Gasteiger partial charge in [-0.15, -0.1) is 11.8 Å². The van der Waals surface area contributed by atoms with Gasteiger partial charge >= 0.3 is 0 Å². The Morgan fingerprint density at radius 1 is 1.34 bits per heavy atom. The lowest BCUT2D eigenvalue weighted by molar-refractivity contribution is -0.146. The highest BCUT2D eigenvalue weighted by atomic mass is 32.2. The maximum Gasteiger partial charge on any atom is 0.254 e. The molecule has 9 heteroatoms. The van der Waals surface area contributed by atoms with Gasteiger partial charge < -0.3 is 20.2 Å². The number of benzene rings is 1. The smallest absolute Gasteiger partial charge is 0.254 e. The minimum Gasteiger partial charge on any atom is -0.381 e. The van der Waals surface area contributed by atoms with Gasteiger partial charge in [0.15, 0.2) is 6.10 Å². The Balaban J connectivity index is 1.72. The van der Waals surface area contributed by atoms with Crippen molar-refractivity contribution in [3.63, 3.8) is 0 Å². The van der Waals surface area contributed by atoms with Crippen LogP contribution in [0.5, 0.6) is 0 Å². The Bertz CT molecular complexity index is 1090. The van der Waals surface area contributed by atoms with Gasteiger partial charge in [0, 0.05) is 18.0 Å². The highest BCUT2D eigenvalue weighted by molar-refractivity contribution is 8.00. The molecule has 0 radical (unpaired) electrons. The Hall–Kier alpha value is -2.65. The number of fused-ring (bicyclic) bond motifs is 5. The number of carbonyl (C=O) groups is 3. The molecule has 7 nitrogen and oxygen atoms in total. The minimum absolute atomic E-state index is 0.00936. The molecule has 4 rings (SSSR count). The van der Waals surface area contributed by atoms with Gasteiger partial charge in [-0.2, -0.15) is 0 Å². The monoisotopic (exact) mass is 501 g/mol. The topological polar surface area (TPSA) is 90.0 Å². The summed E-state index contributed by atoms with van der Waals surface area (Å²) in [5.41, 5.74) is 1.22. The first-order chi connectivity index (χ1) is 16.7. The molecule has 0 saturated carbocycles. The van der Waals surface area contributed by atoms with Crippen molar-refractivity contribution in [1.82, 2.24) is 15.1 Å². The van der Waals surface area contributed by atoms with Crippen molar-refractivity contribution in [2.24, 2.45) is 5.92 Å². The summed E-state index contributed by atoms with van der Waals surface area (Å²) in [6.45, 7) is 6.05. The summed E-state index contributed by atoms with van der Waals surface area (Å²) in [5.74, 6) is -1.55. The second-order valence-corrected chi connectivity index (χ2v) is 10.9. The van der Waals surface area contributed by atoms with Crippen LogP contribution in [0, 0.1) is 18.7 Å². The molecule has 0 spiro atoms. The van der Waals surface area contributed by atoms with Crippen LogP contribution < -0.4 is 5.32 Å². The van der Waals surface area contributed by atoms with E-state index in [1.807, 2.05) is 24.0 Å². The summed E-state index contributed by atoms with van der Waals surface area (Å²) in [6.07, 6.45) is 6.31. The molecule has 4 atom stereocenters. The number of nitrogens with zero attached hydrogens (tertiary/aromatic N) is 2. The lowest BCUT2D eigenvalue weighted by Crippen LogP contribution is -2.55. The zero-order chi connectivity index (χ0) is 25.3. The van der Waals surface area contributed by atoms with E-state index in [9.17, 15) is 23.9 Å². The van der Waals surface area contributed by atoms with Gasteiger partial charge in [-0.3, -0.25) is 14.4 Å². The van der Waals surface area contributed by atoms with Crippen LogP contribution in [-0.2, 0) is 9.59 Å². The Labute approximate surface area is 209 Å². The zero-order valence-corrected chi connectivity index (χ0v) is 21.1. The Morgan fingerprint density at radius 2 is 2.11 bits per heavy atom. The number of aliphatic hydroxyl groups is 1. The average molecular weight is 502 g/mol. The molecule has 1 aliphatic carbocycles. The molecule has 0 aromatic heterocycles. The fourth-order valence-corrected chi connectivity index (χ4v) is 6.42. The summed E-state index contributed by atoms with van der Waals surface area (Å²) in [6, 6.07) is 3.30. The van der Waals surface area contributed by atoms with Crippen molar-refractivity contribution >= 4 is 29.5 Å². The van der Waals surface area contributed by atoms with Gasteiger partial charge in [0.2, 0.25) is 5.91 Å². The maximum atomic E-state index is 14.0. The Morgan fingerprint density at radius 3 is 2.86 bits per heavy atom. The number of nitrogens with one attached hydrogen (secondary N) is 1. The summed E-state index contributed by atoms with van der Waals surface area (Å²) >= 11 is 1.54. The summed E-state index contributed by atoms with van der Waals surface area (Å²) in [7, 11) is 0.